The molecule has 0 bridgehead atoms. The number of ether oxygens (including phenoxy) is 1. The SMILES string of the molecule is CCOC(=O)c1cc(C(F)F)nc(C2CCCCC2)c1. The van der Waals surface area contributed by atoms with Crippen LogP contribution in [0.1, 0.15) is 73.1 Å². The highest BCUT2D eigenvalue weighted by Crippen LogP contribution is 2.33. The minimum absolute atomic E-state index is 0.177. The molecule has 1 aromatic rings. The highest BCUT2D eigenvalue weighted by Gasteiger charge is 2.22. The summed E-state index contributed by atoms with van der Waals surface area (Å²) in [6.07, 6.45) is 2.56. The van der Waals surface area contributed by atoms with Crippen LogP contribution < -0.4 is 0 Å². The second kappa shape index (κ2) is 6.77. The minimum Gasteiger partial charge on any atom is -0.462 e. The van der Waals surface area contributed by atoms with E-state index in [1.807, 2.05) is 0 Å². The van der Waals surface area contributed by atoms with Gasteiger partial charge >= 0.3 is 5.97 Å². The predicted octanol–water partition coefficient (Wildman–Crippen LogP) is 4.24. The number of nitrogens with zero attached hydrogens (tertiary/aromatic N) is 1. The van der Waals surface area contributed by atoms with Crippen LogP contribution in [0, 0.1) is 0 Å². The summed E-state index contributed by atoms with van der Waals surface area (Å²) in [5.41, 5.74) is 0.444. The number of carbonyl (C=O) groups is 1. The molecular formula is C15H19F2NO2. The second-order valence-electron chi connectivity index (χ2n) is 5.06. The Hall–Kier alpha value is -1.52. The van der Waals surface area contributed by atoms with E-state index < -0.39 is 12.4 Å². The Kier molecular flexibility index (Phi) is 5.04. The number of esters is 1. The highest BCUT2D eigenvalue weighted by molar-refractivity contribution is 5.89. The van der Waals surface area contributed by atoms with Crippen molar-refractivity contribution >= 4 is 5.97 Å². The van der Waals surface area contributed by atoms with Crippen LogP contribution in [-0.4, -0.2) is 17.6 Å². The molecule has 20 heavy (non-hydrogen) atoms. The van der Waals surface area contributed by atoms with Gasteiger partial charge in [-0.15, -0.1) is 0 Å². The van der Waals surface area contributed by atoms with Crippen molar-refractivity contribution in [1.29, 1.82) is 0 Å². The third kappa shape index (κ3) is 3.52. The summed E-state index contributed by atoms with van der Waals surface area (Å²) in [6.45, 7) is 1.92. The number of aromatic nitrogens is 1. The zero-order valence-corrected chi connectivity index (χ0v) is 11.6. The van der Waals surface area contributed by atoms with E-state index in [1.54, 1.807) is 13.0 Å². The van der Waals surface area contributed by atoms with Gasteiger partial charge in [0.2, 0.25) is 0 Å². The first-order chi connectivity index (χ1) is 9.61. The van der Waals surface area contributed by atoms with Crippen LogP contribution in [-0.2, 0) is 4.74 Å². The maximum absolute atomic E-state index is 12.9. The lowest BCUT2D eigenvalue weighted by Gasteiger charge is -2.22. The third-order valence-corrected chi connectivity index (χ3v) is 3.62. The lowest BCUT2D eigenvalue weighted by molar-refractivity contribution is 0.0525. The number of alkyl halides is 2. The average molecular weight is 283 g/mol. The fraction of sp³-hybridized carbons (Fsp3) is 0.600. The van der Waals surface area contributed by atoms with Gasteiger partial charge in [0, 0.05) is 11.6 Å². The zero-order valence-electron chi connectivity index (χ0n) is 11.6. The molecule has 0 spiro atoms. The minimum atomic E-state index is -2.67. The molecule has 0 aliphatic heterocycles. The number of pyridine rings is 1. The van der Waals surface area contributed by atoms with Crippen molar-refractivity contribution in [3.8, 4) is 0 Å². The Balaban J connectivity index is 2.32. The first-order valence-corrected chi connectivity index (χ1v) is 7.09. The topological polar surface area (TPSA) is 39.2 Å². The summed E-state index contributed by atoms with van der Waals surface area (Å²) in [4.78, 5) is 15.8. The van der Waals surface area contributed by atoms with Gasteiger partial charge < -0.3 is 4.74 Å². The van der Waals surface area contributed by atoms with Crippen molar-refractivity contribution < 1.29 is 18.3 Å². The largest absolute Gasteiger partial charge is 0.462 e. The first-order valence-electron chi connectivity index (χ1n) is 7.09. The van der Waals surface area contributed by atoms with E-state index in [0.717, 1.165) is 31.7 Å². The molecule has 1 heterocycles. The molecule has 0 amide bonds. The van der Waals surface area contributed by atoms with Gasteiger partial charge in [0.15, 0.2) is 0 Å². The van der Waals surface area contributed by atoms with Crippen LogP contribution in [0.3, 0.4) is 0 Å². The van der Waals surface area contributed by atoms with E-state index in [4.69, 9.17) is 4.74 Å². The van der Waals surface area contributed by atoms with Gasteiger partial charge in [0.1, 0.15) is 5.69 Å². The van der Waals surface area contributed by atoms with Crippen LogP contribution in [0.25, 0.3) is 0 Å². The molecule has 0 atom stereocenters. The summed E-state index contributed by atoms with van der Waals surface area (Å²) in [5.74, 6) is -0.385. The molecule has 0 saturated heterocycles. The Bertz CT molecular complexity index is 471. The van der Waals surface area contributed by atoms with E-state index in [9.17, 15) is 13.6 Å². The number of carbonyl (C=O) groups excluding carboxylic acids is 1. The fourth-order valence-electron chi connectivity index (χ4n) is 2.63. The summed E-state index contributed by atoms with van der Waals surface area (Å²) < 4.78 is 30.8. The van der Waals surface area contributed by atoms with Crippen molar-refractivity contribution in [3.63, 3.8) is 0 Å². The monoisotopic (exact) mass is 283 g/mol. The third-order valence-electron chi connectivity index (χ3n) is 3.62. The maximum Gasteiger partial charge on any atom is 0.338 e. The highest BCUT2D eigenvalue weighted by atomic mass is 19.3. The number of hydrogen-bond donors (Lipinski definition) is 0. The van der Waals surface area contributed by atoms with Crippen molar-refractivity contribution in [2.24, 2.45) is 0 Å². The van der Waals surface area contributed by atoms with E-state index >= 15 is 0 Å². The van der Waals surface area contributed by atoms with Gasteiger partial charge in [-0.2, -0.15) is 0 Å². The second-order valence-corrected chi connectivity index (χ2v) is 5.06. The summed E-state index contributed by atoms with van der Waals surface area (Å²) in [6, 6.07) is 2.74. The van der Waals surface area contributed by atoms with E-state index in [1.165, 1.54) is 6.42 Å². The van der Waals surface area contributed by atoms with Crippen LogP contribution >= 0.6 is 0 Å². The molecule has 1 aromatic heterocycles. The van der Waals surface area contributed by atoms with Gasteiger partial charge in [-0.05, 0) is 31.9 Å². The van der Waals surface area contributed by atoms with Crippen LogP contribution in [0.5, 0.6) is 0 Å². The zero-order chi connectivity index (χ0) is 14.5. The molecule has 0 radical (unpaired) electrons. The molecule has 0 N–H and O–H groups in total. The predicted molar refractivity (Wildman–Crippen MR) is 71.0 cm³/mol. The Morgan fingerprint density at radius 1 is 1.35 bits per heavy atom. The molecule has 3 nitrogen and oxygen atoms in total. The molecule has 110 valence electrons. The average Bonchev–Trinajstić information content (AvgIpc) is 2.48. The smallest absolute Gasteiger partial charge is 0.338 e. The summed E-state index contributed by atoms with van der Waals surface area (Å²) in [7, 11) is 0. The van der Waals surface area contributed by atoms with Crippen molar-refractivity contribution in [2.75, 3.05) is 6.61 Å². The lowest BCUT2D eigenvalue weighted by atomic mass is 9.86. The van der Waals surface area contributed by atoms with E-state index in [2.05, 4.69) is 4.98 Å². The summed E-state index contributed by atoms with van der Waals surface area (Å²) in [5, 5.41) is 0. The Morgan fingerprint density at radius 3 is 2.65 bits per heavy atom. The Morgan fingerprint density at radius 2 is 2.05 bits per heavy atom. The van der Waals surface area contributed by atoms with Gasteiger partial charge in [-0.25, -0.2) is 13.6 Å². The van der Waals surface area contributed by atoms with E-state index in [-0.39, 0.29) is 23.8 Å². The quantitative estimate of drug-likeness (QED) is 0.776. The summed E-state index contributed by atoms with van der Waals surface area (Å²) >= 11 is 0. The van der Waals surface area contributed by atoms with Crippen LogP contribution in [0.4, 0.5) is 8.78 Å². The van der Waals surface area contributed by atoms with Crippen molar-refractivity contribution in [1.82, 2.24) is 4.98 Å². The lowest BCUT2D eigenvalue weighted by Crippen LogP contribution is -2.12. The number of hydrogen-bond acceptors (Lipinski definition) is 3. The molecule has 1 saturated carbocycles. The molecule has 1 aliphatic rings. The Labute approximate surface area is 117 Å². The molecular weight excluding hydrogens is 264 g/mol. The normalized spacial score (nSPS) is 16.4. The molecule has 0 unspecified atom stereocenters. The van der Waals surface area contributed by atoms with Gasteiger partial charge in [0.25, 0.3) is 6.43 Å². The van der Waals surface area contributed by atoms with Gasteiger partial charge in [0.05, 0.1) is 12.2 Å². The van der Waals surface area contributed by atoms with Gasteiger partial charge in [-0.3, -0.25) is 4.98 Å². The van der Waals surface area contributed by atoms with Crippen LogP contribution in [0.2, 0.25) is 0 Å². The number of rotatable bonds is 4. The first kappa shape index (κ1) is 14.9. The standard InChI is InChI=1S/C15H19F2NO2/c1-2-20-15(19)11-8-12(10-6-4-3-5-7-10)18-13(9-11)14(16)17/h8-10,14H,2-7H2,1H3. The molecule has 2 rings (SSSR count). The van der Waals surface area contributed by atoms with E-state index in [0.29, 0.717) is 5.69 Å². The van der Waals surface area contributed by atoms with Crippen molar-refractivity contribution in [3.05, 3.63) is 29.1 Å². The van der Waals surface area contributed by atoms with Crippen molar-refractivity contribution in [2.45, 2.75) is 51.4 Å². The fourth-order valence-corrected chi connectivity index (χ4v) is 2.63. The molecule has 1 fully saturated rings. The van der Waals surface area contributed by atoms with Crippen LogP contribution in [0.15, 0.2) is 12.1 Å². The molecule has 5 heteroatoms. The number of halogens is 2. The molecule has 0 aromatic carbocycles. The molecule has 1 aliphatic carbocycles. The maximum atomic E-state index is 12.9. The van der Waals surface area contributed by atoms with Gasteiger partial charge in [-0.1, -0.05) is 19.3 Å².